The largest absolute Gasteiger partial charge is 0.494 e. The van der Waals surface area contributed by atoms with Crippen LogP contribution >= 0.6 is 11.8 Å². The number of carbonyl (C=O) groups excluding carboxylic acids is 2. The number of hydrogen-bond donors (Lipinski definition) is 3. The molecule has 0 spiro atoms. The van der Waals surface area contributed by atoms with E-state index in [1.165, 1.54) is 11.8 Å². The van der Waals surface area contributed by atoms with Gasteiger partial charge in [0.2, 0.25) is 5.91 Å². The highest BCUT2D eigenvalue weighted by molar-refractivity contribution is 8.03. The second kappa shape index (κ2) is 12.9. The SMILES string of the molecule is CCOc1ccc([C@@H]2C(C#N)=C(SCC(=O)Nc3ccccc3C)NC(C)=C2C(=O)Nc2ccccc2)cc1. The lowest BCUT2D eigenvalue weighted by Gasteiger charge is -2.30. The first-order chi connectivity index (χ1) is 18.9. The summed E-state index contributed by atoms with van der Waals surface area (Å²) in [4.78, 5) is 26.3. The van der Waals surface area contributed by atoms with E-state index in [2.05, 4.69) is 22.0 Å². The molecule has 0 fully saturated rings. The van der Waals surface area contributed by atoms with E-state index in [-0.39, 0.29) is 17.6 Å². The van der Waals surface area contributed by atoms with Crippen LogP contribution in [0.25, 0.3) is 0 Å². The van der Waals surface area contributed by atoms with Crippen molar-refractivity contribution < 1.29 is 14.3 Å². The van der Waals surface area contributed by atoms with E-state index in [1.54, 1.807) is 0 Å². The number of aryl methyl sites for hydroxylation is 1. The molecule has 0 aromatic heterocycles. The molecule has 0 unspecified atom stereocenters. The van der Waals surface area contributed by atoms with Gasteiger partial charge >= 0.3 is 0 Å². The van der Waals surface area contributed by atoms with Crippen LogP contribution in [0.2, 0.25) is 0 Å². The Kier molecular flexibility index (Phi) is 9.08. The van der Waals surface area contributed by atoms with Crippen LogP contribution in [0.15, 0.2) is 101 Å². The summed E-state index contributed by atoms with van der Waals surface area (Å²) < 4.78 is 5.59. The number of dihydropyridines is 1. The Morgan fingerprint density at radius 1 is 0.974 bits per heavy atom. The van der Waals surface area contributed by atoms with Crippen LogP contribution in [-0.4, -0.2) is 24.2 Å². The molecule has 3 aromatic carbocycles. The number of rotatable bonds is 9. The van der Waals surface area contributed by atoms with E-state index in [0.717, 1.165) is 16.8 Å². The fraction of sp³-hybridized carbons (Fsp3) is 0.194. The fourth-order valence-electron chi connectivity index (χ4n) is 4.34. The van der Waals surface area contributed by atoms with Gasteiger partial charge in [0, 0.05) is 22.6 Å². The quantitative estimate of drug-likeness (QED) is 0.304. The topological polar surface area (TPSA) is 103 Å². The molecule has 0 saturated carbocycles. The Hall–Kier alpha value is -4.48. The Morgan fingerprint density at radius 2 is 1.67 bits per heavy atom. The third-order valence-electron chi connectivity index (χ3n) is 6.21. The monoisotopic (exact) mass is 538 g/mol. The number of thioether (sulfide) groups is 1. The summed E-state index contributed by atoms with van der Waals surface area (Å²) in [6, 6.07) is 26.5. The maximum absolute atomic E-state index is 13.6. The minimum Gasteiger partial charge on any atom is -0.494 e. The van der Waals surface area contributed by atoms with Crippen LogP contribution < -0.4 is 20.7 Å². The Labute approximate surface area is 233 Å². The number of carbonyl (C=O) groups is 2. The van der Waals surface area contributed by atoms with Gasteiger partial charge in [-0.3, -0.25) is 9.59 Å². The third kappa shape index (κ3) is 6.70. The highest BCUT2D eigenvalue weighted by Gasteiger charge is 2.35. The van der Waals surface area contributed by atoms with E-state index in [9.17, 15) is 14.9 Å². The number of ether oxygens (including phenoxy) is 1. The molecule has 1 atom stereocenters. The molecule has 0 saturated heterocycles. The van der Waals surface area contributed by atoms with Crippen molar-refractivity contribution in [1.29, 1.82) is 5.26 Å². The van der Waals surface area contributed by atoms with Gasteiger partial charge in [0.25, 0.3) is 5.91 Å². The first-order valence-electron chi connectivity index (χ1n) is 12.6. The second-order valence-electron chi connectivity index (χ2n) is 8.93. The van der Waals surface area contributed by atoms with E-state index in [4.69, 9.17) is 4.74 Å². The van der Waals surface area contributed by atoms with Crippen molar-refractivity contribution in [2.75, 3.05) is 23.0 Å². The lowest BCUT2D eigenvalue weighted by atomic mass is 9.82. The standard InChI is InChI=1S/C31H30N4O3S/c1-4-38-24-16-14-22(15-17-24)29-25(18-32)31(39-19-27(36)35-26-13-9-8-10-20(26)2)33-21(3)28(29)30(37)34-23-11-6-5-7-12-23/h5-17,29,33H,4,19H2,1-3H3,(H,34,37)(H,35,36)/t29-/m1/s1. The zero-order valence-corrected chi connectivity index (χ0v) is 22.9. The molecule has 0 radical (unpaired) electrons. The van der Waals surface area contributed by atoms with Gasteiger partial charge in [-0.05, 0) is 62.2 Å². The lowest BCUT2D eigenvalue weighted by molar-refractivity contribution is -0.114. The molecule has 3 aromatic rings. The van der Waals surface area contributed by atoms with Crippen LogP contribution in [0.5, 0.6) is 5.75 Å². The van der Waals surface area contributed by atoms with Gasteiger partial charge in [-0.25, -0.2) is 0 Å². The van der Waals surface area contributed by atoms with E-state index < -0.39 is 5.92 Å². The van der Waals surface area contributed by atoms with Gasteiger partial charge in [0.05, 0.1) is 34.9 Å². The summed E-state index contributed by atoms with van der Waals surface area (Å²) in [5.74, 6) is -0.322. The second-order valence-corrected chi connectivity index (χ2v) is 9.91. The van der Waals surface area contributed by atoms with Gasteiger partial charge in [-0.15, -0.1) is 0 Å². The van der Waals surface area contributed by atoms with Gasteiger partial charge in [-0.1, -0.05) is 60.3 Å². The molecule has 198 valence electrons. The van der Waals surface area contributed by atoms with Crippen molar-refractivity contribution in [3.63, 3.8) is 0 Å². The normalized spacial score (nSPS) is 14.8. The van der Waals surface area contributed by atoms with E-state index in [1.807, 2.05) is 99.6 Å². The molecule has 8 heteroatoms. The van der Waals surface area contributed by atoms with Gasteiger partial charge in [-0.2, -0.15) is 5.26 Å². The Bertz CT molecular complexity index is 1460. The minimum absolute atomic E-state index is 0.0939. The van der Waals surface area contributed by atoms with Gasteiger partial charge in [0.15, 0.2) is 0 Å². The number of hydrogen-bond acceptors (Lipinski definition) is 6. The molecule has 1 aliphatic rings. The maximum atomic E-state index is 13.6. The number of amides is 2. The van der Waals surface area contributed by atoms with Crippen LogP contribution in [-0.2, 0) is 9.59 Å². The molecule has 4 rings (SSSR count). The summed E-state index contributed by atoms with van der Waals surface area (Å²) in [5.41, 5.74) is 4.57. The van der Waals surface area contributed by atoms with Crippen molar-refractivity contribution in [3.05, 3.63) is 112 Å². The van der Waals surface area contributed by atoms with Crippen LogP contribution in [0.1, 0.15) is 30.9 Å². The highest BCUT2D eigenvalue weighted by atomic mass is 32.2. The molecule has 7 nitrogen and oxygen atoms in total. The summed E-state index contributed by atoms with van der Waals surface area (Å²) >= 11 is 1.24. The summed E-state index contributed by atoms with van der Waals surface area (Å²) in [5, 5.41) is 20.0. The average Bonchev–Trinajstić information content (AvgIpc) is 2.94. The van der Waals surface area contributed by atoms with Crippen LogP contribution in [0.4, 0.5) is 11.4 Å². The van der Waals surface area contributed by atoms with Crippen molar-refractivity contribution in [2.45, 2.75) is 26.7 Å². The minimum atomic E-state index is -0.627. The summed E-state index contributed by atoms with van der Waals surface area (Å²) in [7, 11) is 0. The molecule has 2 amide bonds. The number of benzene rings is 3. The first kappa shape index (κ1) is 27.6. The van der Waals surface area contributed by atoms with Gasteiger partial charge < -0.3 is 20.7 Å². The number of allylic oxidation sites excluding steroid dienone is 2. The maximum Gasteiger partial charge on any atom is 0.254 e. The zero-order valence-electron chi connectivity index (χ0n) is 22.1. The highest BCUT2D eigenvalue weighted by Crippen LogP contribution is 2.41. The van der Waals surface area contributed by atoms with Crippen LogP contribution in [0.3, 0.4) is 0 Å². The zero-order chi connectivity index (χ0) is 27.8. The van der Waals surface area contributed by atoms with Crippen molar-refractivity contribution >= 4 is 35.0 Å². The Morgan fingerprint density at radius 3 is 2.33 bits per heavy atom. The lowest BCUT2D eigenvalue weighted by Crippen LogP contribution is -2.31. The number of para-hydroxylation sites is 2. The summed E-state index contributed by atoms with van der Waals surface area (Å²) in [6.45, 7) is 6.18. The fourth-order valence-corrected chi connectivity index (χ4v) is 5.23. The number of nitrogens with one attached hydrogen (secondary N) is 3. The molecule has 0 bridgehead atoms. The predicted octanol–water partition coefficient (Wildman–Crippen LogP) is 6.10. The van der Waals surface area contributed by atoms with Crippen molar-refractivity contribution in [3.8, 4) is 11.8 Å². The molecule has 0 aliphatic carbocycles. The van der Waals surface area contributed by atoms with E-state index >= 15 is 0 Å². The molecule has 39 heavy (non-hydrogen) atoms. The molecule has 3 N–H and O–H groups in total. The number of nitriles is 1. The van der Waals surface area contributed by atoms with Crippen LogP contribution in [0, 0.1) is 18.3 Å². The van der Waals surface area contributed by atoms with E-state index in [0.29, 0.717) is 39.9 Å². The molecular formula is C31H30N4O3S. The number of anilines is 2. The molecule has 1 heterocycles. The number of nitrogens with zero attached hydrogens (tertiary/aromatic N) is 1. The third-order valence-corrected chi connectivity index (χ3v) is 7.23. The molecule has 1 aliphatic heterocycles. The first-order valence-corrected chi connectivity index (χ1v) is 13.6. The predicted molar refractivity (Wildman–Crippen MR) is 156 cm³/mol. The smallest absolute Gasteiger partial charge is 0.254 e. The van der Waals surface area contributed by atoms with Crippen molar-refractivity contribution in [1.82, 2.24) is 5.32 Å². The Balaban J connectivity index is 1.64. The summed E-state index contributed by atoms with van der Waals surface area (Å²) in [6.07, 6.45) is 0. The molecular weight excluding hydrogens is 508 g/mol. The van der Waals surface area contributed by atoms with Gasteiger partial charge in [0.1, 0.15) is 5.75 Å². The van der Waals surface area contributed by atoms with Crippen molar-refractivity contribution in [2.24, 2.45) is 0 Å². The average molecular weight is 539 g/mol.